The molecule has 8 nitrogen and oxygen atoms in total. The zero-order valence-corrected chi connectivity index (χ0v) is 20.8. The first-order valence-electron chi connectivity index (χ1n) is 11.6. The standard InChI is InChI=1S/C24H30IN3O5/c25-15-8-6-4-2-1-3-5-7-12-19(29)26-17-11-9-10-16-21(17)24(33)28(23(16)32)18-13-14-20(30)27-22(18)31/h9-11,18H,1-8,12-15H2,(H,26,29)(H,27,30,31). The van der Waals surface area contributed by atoms with E-state index in [2.05, 4.69) is 33.2 Å². The van der Waals surface area contributed by atoms with Gasteiger partial charge in [-0.2, -0.15) is 0 Å². The van der Waals surface area contributed by atoms with Gasteiger partial charge in [-0.15, -0.1) is 0 Å². The summed E-state index contributed by atoms with van der Waals surface area (Å²) in [7, 11) is 0. The van der Waals surface area contributed by atoms with Gasteiger partial charge in [0.15, 0.2) is 0 Å². The van der Waals surface area contributed by atoms with Crippen molar-refractivity contribution in [3.63, 3.8) is 0 Å². The highest BCUT2D eigenvalue weighted by Crippen LogP contribution is 2.32. The first-order chi connectivity index (χ1) is 15.9. The number of nitrogens with one attached hydrogen (secondary N) is 2. The summed E-state index contributed by atoms with van der Waals surface area (Å²) in [6.07, 6.45) is 9.60. The summed E-state index contributed by atoms with van der Waals surface area (Å²) in [6.45, 7) is 0. The quantitative estimate of drug-likeness (QED) is 0.172. The van der Waals surface area contributed by atoms with Gasteiger partial charge in [-0.3, -0.25) is 34.2 Å². The van der Waals surface area contributed by atoms with Gasteiger partial charge in [0.2, 0.25) is 17.7 Å². The third kappa shape index (κ3) is 6.39. The number of carbonyl (C=O) groups is 5. The van der Waals surface area contributed by atoms with Crippen LogP contribution in [0, 0.1) is 0 Å². The molecule has 1 saturated heterocycles. The van der Waals surface area contributed by atoms with Crippen molar-refractivity contribution in [3.8, 4) is 0 Å². The Morgan fingerprint density at radius 3 is 2.30 bits per heavy atom. The van der Waals surface area contributed by atoms with Crippen LogP contribution in [0.25, 0.3) is 0 Å². The van der Waals surface area contributed by atoms with E-state index >= 15 is 0 Å². The van der Waals surface area contributed by atoms with E-state index in [1.165, 1.54) is 42.6 Å². The maximum atomic E-state index is 13.1. The molecule has 1 atom stereocenters. The molecule has 2 aliphatic rings. The Bertz CT molecular complexity index is 933. The molecule has 178 valence electrons. The summed E-state index contributed by atoms with van der Waals surface area (Å²) >= 11 is 2.40. The fraction of sp³-hybridized carbons (Fsp3) is 0.542. The van der Waals surface area contributed by atoms with Gasteiger partial charge in [-0.1, -0.05) is 67.2 Å². The summed E-state index contributed by atoms with van der Waals surface area (Å²) in [4.78, 5) is 62.9. The largest absolute Gasteiger partial charge is 0.325 e. The number of carbonyl (C=O) groups excluding carboxylic acids is 5. The zero-order valence-electron chi connectivity index (χ0n) is 18.7. The Labute approximate surface area is 207 Å². The van der Waals surface area contributed by atoms with Crippen LogP contribution in [0.4, 0.5) is 5.69 Å². The number of benzene rings is 1. The number of piperidine rings is 1. The number of hydrogen-bond acceptors (Lipinski definition) is 5. The van der Waals surface area contributed by atoms with Crippen LogP contribution in [0.3, 0.4) is 0 Å². The average Bonchev–Trinajstić information content (AvgIpc) is 3.04. The normalized spacial score (nSPS) is 17.8. The SMILES string of the molecule is O=C1CCC(N2C(=O)c3cccc(NC(=O)CCCCCCCCCCI)c3C2=O)C(=O)N1. The second-order valence-electron chi connectivity index (χ2n) is 8.49. The summed E-state index contributed by atoms with van der Waals surface area (Å²) in [5.74, 6) is -2.49. The molecule has 2 N–H and O–H groups in total. The third-order valence-corrected chi connectivity index (χ3v) is 6.79. The molecule has 0 spiro atoms. The molecular formula is C24H30IN3O5. The summed E-state index contributed by atoms with van der Waals surface area (Å²) in [5.41, 5.74) is 0.540. The highest BCUT2D eigenvalue weighted by Gasteiger charge is 2.45. The van der Waals surface area contributed by atoms with Crippen LogP contribution in [0.2, 0.25) is 0 Å². The lowest BCUT2D eigenvalue weighted by molar-refractivity contribution is -0.136. The number of halogens is 1. The van der Waals surface area contributed by atoms with Gasteiger partial charge >= 0.3 is 0 Å². The molecule has 2 heterocycles. The number of alkyl halides is 1. The molecule has 9 heteroatoms. The van der Waals surface area contributed by atoms with Crippen molar-refractivity contribution in [3.05, 3.63) is 29.3 Å². The Kier molecular flexibility index (Phi) is 9.40. The van der Waals surface area contributed by atoms with Gasteiger partial charge in [0.25, 0.3) is 11.8 Å². The molecule has 0 radical (unpaired) electrons. The third-order valence-electron chi connectivity index (χ3n) is 6.03. The number of imide groups is 2. The van der Waals surface area contributed by atoms with Gasteiger partial charge in [0, 0.05) is 12.8 Å². The molecule has 3 rings (SSSR count). The Morgan fingerprint density at radius 1 is 0.970 bits per heavy atom. The van der Waals surface area contributed by atoms with Crippen molar-refractivity contribution in [2.24, 2.45) is 0 Å². The van der Waals surface area contributed by atoms with E-state index in [1.807, 2.05) is 0 Å². The van der Waals surface area contributed by atoms with Crippen LogP contribution in [0.15, 0.2) is 18.2 Å². The lowest BCUT2D eigenvalue weighted by Gasteiger charge is -2.27. The fourth-order valence-electron chi connectivity index (χ4n) is 4.27. The first kappa shape index (κ1) is 25.3. The molecule has 2 aliphatic heterocycles. The molecular weight excluding hydrogens is 537 g/mol. The van der Waals surface area contributed by atoms with Crippen molar-refractivity contribution < 1.29 is 24.0 Å². The number of hydrogen-bond donors (Lipinski definition) is 2. The Hall–Kier alpha value is -2.30. The van der Waals surface area contributed by atoms with E-state index < -0.39 is 29.7 Å². The molecule has 1 aromatic carbocycles. The van der Waals surface area contributed by atoms with Crippen LogP contribution in [-0.2, 0) is 14.4 Å². The zero-order chi connectivity index (χ0) is 23.8. The highest BCUT2D eigenvalue weighted by molar-refractivity contribution is 14.1. The number of unbranched alkanes of at least 4 members (excludes halogenated alkanes) is 7. The van der Waals surface area contributed by atoms with Gasteiger partial charge in [-0.05, 0) is 35.8 Å². The monoisotopic (exact) mass is 567 g/mol. The second-order valence-corrected chi connectivity index (χ2v) is 9.57. The predicted octanol–water partition coefficient (Wildman–Crippen LogP) is 3.97. The smallest absolute Gasteiger partial charge is 0.264 e. The Morgan fingerprint density at radius 2 is 1.64 bits per heavy atom. The van der Waals surface area contributed by atoms with E-state index in [0.29, 0.717) is 6.42 Å². The molecule has 1 aromatic rings. The second kappa shape index (κ2) is 12.2. The molecule has 1 fully saturated rings. The van der Waals surface area contributed by atoms with Crippen molar-refractivity contribution in [1.29, 1.82) is 0 Å². The van der Waals surface area contributed by atoms with Gasteiger partial charge in [0.1, 0.15) is 6.04 Å². The topological polar surface area (TPSA) is 113 Å². The number of rotatable bonds is 12. The fourth-order valence-corrected chi connectivity index (χ4v) is 4.81. The number of amides is 5. The minimum absolute atomic E-state index is 0.0614. The molecule has 33 heavy (non-hydrogen) atoms. The van der Waals surface area contributed by atoms with Crippen molar-refractivity contribution >= 4 is 57.8 Å². The van der Waals surface area contributed by atoms with Crippen LogP contribution in [-0.4, -0.2) is 44.9 Å². The number of anilines is 1. The lowest BCUT2D eigenvalue weighted by atomic mass is 10.0. The average molecular weight is 567 g/mol. The summed E-state index contributed by atoms with van der Waals surface area (Å²) in [6, 6.07) is 3.68. The molecule has 0 saturated carbocycles. The van der Waals surface area contributed by atoms with E-state index in [-0.39, 0.29) is 35.6 Å². The maximum absolute atomic E-state index is 13.1. The minimum atomic E-state index is -1.03. The molecule has 0 bridgehead atoms. The summed E-state index contributed by atoms with van der Waals surface area (Å²) < 4.78 is 1.21. The minimum Gasteiger partial charge on any atom is -0.325 e. The molecule has 0 aromatic heterocycles. The van der Waals surface area contributed by atoms with E-state index in [9.17, 15) is 24.0 Å². The van der Waals surface area contributed by atoms with Gasteiger partial charge < -0.3 is 5.32 Å². The lowest BCUT2D eigenvalue weighted by Crippen LogP contribution is -2.54. The van der Waals surface area contributed by atoms with Crippen LogP contribution in [0.5, 0.6) is 0 Å². The van der Waals surface area contributed by atoms with Crippen molar-refractivity contribution in [1.82, 2.24) is 10.2 Å². The number of nitrogens with zero attached hydrogens (tertiary/aromatic N) is 1. The molecule has 5 amide bonds. The van der Waals surface area contributed by atoms with Crippen LogP contribution in [0.1, 0.15) is 91.3 Å². The highest BCUT2D eigenvalue weighted by atomic mass is 127. The summed E-state index contributed by atoms with van der Waals surface area (Å²) in [5, 5.41) is 4.94. The molecule has 0 aliphatic carbocycles. The maximum Gasteiger partial charge on any atom is 0.264 e. The van der Waals surface area contributed by atoms with Crippen molar-refractivity contribution in [2.45, 2.75) is 76.7 Å². The van der Waals surface area contributed by atoms with E-state index in [0.717, 1.165) is 24.2 Å². The van der Waals surface area contributed by atoms with E-state index in [1.54, 1.807) is 12.1 Å². The van der Waals surface area contributed by atoms with Crippen LogP contribution >= 0.6 is 22.6 Å². The van der Waals surface area contributed by atoms with E-state index in [4.69, 9.17) is 0 Å². The van der Waals surface area contributed by atoms with Crippen LogP contribution < -0.4 is 10.6 Å². The Balaban J connectivity index is 1.52. The predicted molar refractivity (Wildman–Crippen MR) is 132 cm³/mol. The van der Waals surface area contributed by atoms with Gasteiger partial charge in [0.05, 0.1) is 16.8 Å². The number of fused-ring (bicyclic) bond motifs is 1. The molecule has 1 unspecified atom stereocenters. The van der Waals surface area contributed by atoms with Gasteiger partial charge in [-0.25, -0.2) is 0 Å². The van der Waals surface area contributed by atoms with Crippen molar-refractivity contribution in [2.75, 3.05) is 9.74 Å². The first-order valence-corrected chi connectivity index (χ1v) is 13.2.